The zero-order chi connectivity index (χ0) is 56.1. The van der Waals surface area contributed by atoms with Crippen LogP contribution < -0.4 is 17.6 Å². The Bertz CT molecular complexity index is 3380. The van der Waals surface area contributed by atoms with E-state index < -0.39 is 27.6 Å². The van der Waals surface area contributed by atoms with Gasteiger partial charge in [-0.2, -0.15) is 0 Å². The zero-order valence-corrected chi connectivity index (χ0v) is 55.1. The van der Waals surface area contributed by atoms with Crippen LogP contribution in [0.15, 0.2) is 107 Å². The summed E-state index contributed by atoms with van der Waals surface area (Å²) in [7, 11) is 0. The number of hydrogen-bond acceptors (Lipinski definition) is 1. The van der Waals surface area contributed by atoms with E-state index in [-0.39, 0.29) is 27.7 Å². The predicted octanol–water partition coefficient (Wildman–Crippen LogP) is 15.8. The molecule has 0 saturated heterocycles. The minimum atomic E-state index is -4.58. The number of rotatable bonds is 6. The van der Waals surface area contributed by atoms with Crippen molar-refractivity contribution in [2.75, 3.05) is 6.54 Å². The second-order valence-electron chi connectivity index (χ2n) is 26.8. The molecule has 76 heavy (non-hydrogen) atoms. The van der Waals surface area contributed by atoms with Gasteiger partial charge in [0, 0.05) is 0 Å². The van der Waals surface area contributed by atoms with E-state index in [1.54, 1.807) is 32.5 Å². The first-order valence-corrected chi connectivity index (χ1v) is 35.4. The zero-order valence-electron chi connectivity index (χ0n) is 50.9. The topological polar surface area (TPSA) is 37.9 Å². The number of fused-ring (bicyclic) bond motifs is 2. The second-order valence-corrected chi connectivity index (χ2v) is 38.8. The van der Waals surface area contributed by atoms with Crippen molar-refractivity contribution < 1.29 is 0 Å². The van der Waals surface area contributed by atoms with E-state index in [1.165, 1.54) is 110 Å². The Kier molecular flexibility index (Phi) is 15.4. The normalized spacial score (nSPS) is 18.1. The molecule has 1 radical (unpaired) electrons. The van der Waals surface area contributed by atoms with Crippen molar-refractivity contribution in [2.24, 2.45) is 0 Å². The van der Waals surface area contributed by atoms with Crippen LogP contribution in [0.1, 0.15) is 176 Å². The van der Waals surface area contributed by atoms with Gasteiger partial charge in [0.2, 0.25) is 0 Å². The Morgan fingerprint density at radius 3 is 1.38 bits per heavy atom. The van der Waals surface area contributed by atoms with Gasteiger partial charge in [0.1, 0.15) is 0 Å². The van der Waals surface area contributed by atoms with Crippen molar-refractivity contribution in [1.82, 2.24) is 0 Å². The monoisotopic (exact) mass is 1130 g/mol. The molecule has 0 bridgehead atoms. The molecule has 2 aliphatic heterocycles. The third-order valence-corrected chi connectivity index (χ3v) is 37.6. The Labute approximate surface area is 468 Å². The average molecular weight is 1130 g/mol. The van der Waals surface area contributed by atoms with E-state index in [1.807, 2.05) is 0 Å². The SMILES string of the molecule is Cc1cc(C(C)(C)C)[c]([Ge]2/[C](c3ccccc3)=[C]3\C(=[C](c4ccccc4)[Ge]3([c]3c(C(C)(C)C)cc(C)c(C)c3C)[c]3c(C(C)(C)C)cc(C)c(C)c3C)C(/C=C/C#N)[N-]CC(C)(C)c3cc(C)c(C)c(C)[c]32)c(C)c1C. The van der Waals surface area contributed by atoms with Crippen molar-refractivity contribution in [3.05, 3.63) is 213 Å². The molecule has 0 saturated carbocycles. The van der Waals surface area contributed by atoms with Crippen molar-refractivity contribution in [3.8, 4) is 6.07 Å². The Morgan fingerprint density at radius 2 is 0.934 bits per heavy atom. The van der Waals surface area contributed by atoms with E-state index in [9.17, 15) is 5.26 Å². The summed E-state index contributed by atoms with van der Waals surface area (Å²) in [5, 5.41) is 16.8. The molecule has 0 fully saturated rings. The maximum atomic E-state index is 10.7. The van der Waals surface area contributed by atoms with E-state index in [2.05, 4.69) is 256 Å². The van der Waals surface area contributed by atoms with Crippen molar-refractivity contribution in [1.29, 1.82) is 5.26 Å². The average Bonchev–Trinajstić information content (AvgIpc) is 3.39. The summed E-state index contributed by atoms with van der Waals surface area (Å²) >= 11 is -7.81. The van der Waals surface area contributed by atoms with Gasteiger partial charge in [0.15, 0.2) is 0 Å². The molecule has 2 heterocycles. The van der Waals surface area contributed by atoms with Gasteiger partial charge in [-0.15, -0.1) is 0 Å². The summed E-state index contributed by atoms with van der Waals surface area (Å²) in [5.41, 5.74) is 25.5. The maximum absolute atomic E-state index is 10.7. The van der Waals surface area contributed by atoms with Crippen LogP contribution in [-0.4, -0.2) is 40.2 Å². The van der Waals surface area contributed by atoms with E-state index in [0.717, 1.165) is 0 Å². The van der Waals surface area contributed by atoms with Crippen LogP contribution in [0.4, 0.5) is 0 Å². The van der Waals surface area contributed by atoms with Crippen molar-refractivity contribution >= 4 is 54.0 Å². The standard InChI is InChI=1S/C72H88Ge2N2/c1-42-37-56(69(13,14)15)62(50(9)46(42)5)73-63-51(10)47(6)43(2)38-57(63)72(22,23)41-76-60(35-30-36-75)61-67(55-33-28-25-29-34-55)74(68(61)64(73)54-31-26-24-27-32-54,65-52(11)48(7)44(3)39-58(65)70(16,17)18)66-53(12)49(8)45(4)40-59(66)71(19,20)21/h24-35,37-40,60H,41H2,1-23H3/q-1/b35-30+,68-64+. The fourth-order valence-electron chi connectivity index (χ4n) is 13.2. The first-order valence-electron chi connectivity index (χ1n) is 28.0. The van der Waals surface area contributed by atoms with Crippen LogP contribution in [0.25, 0.3) is 14.1 Å². The molecule has 0 aliphatic carbocycles. The number of nitriles is 1. The van der Waals surface area contributed by atoms with Crippen LogP contribution in [0.2, 0.25) is 0 Å². The fraction of sp³-hybridized carbons (Fsp3) is 0.403. The molecule has 1 atom stereocenters. The molecule has 0 spiro atoms. The second kappa shape index (κ2) is 20.4. The number of aryl methyl sites for hydroxylation is 4. The van der Waals surface area contributed by atoms with Crippen LogP contribution in [0, 0.1) is 94.4 Å². The van der Waals surface area contributed by atoms with Crippen LogP contribution in [0.5, 0.6) is 0 Å². The van der Waals surface area contributed by atoms with Gasteiger partial charge in [-0.3, -0.25) is 0 Å². The summed E-state index contributed by atoms with van der Waals surface area (Å²) in [4.78, 5) is 0. The molecule has 6 aromatic carbocycles. The summed E-state index contributed by atoms with van der Waals surface area (Å²) in [6, 6.07) is 35.9. The van der Waals surface area contributed by atoms with E-state index in [0.29, 0.717) is 6.54 Å². The summed E-state index contributed by atoms with van der Waals surface area (Å²) in [6.45, 7) is 56.5. The Morgan fingerprint density at radius 1 is 0.526 bits per heavy atom. The minimum absolute atomic E-state index is 0.156. The van der Waals surface area contributed by atoms with Crippen LogP contribution >= 0.6 is 0 Å². The van der Waals surface area contributed by atoms with Gasteiger partial charge in [-0.1, -0.05) is 0 Å². The van der Waals surface area contributed by atoms with Gasteiger partial charge in [0.25, 0.3) is 0 Å². The number of allylic oxidation sites excluding steroid dienone is 1. The van der Waals surface area contributed by atoms with Crippen molar-refractivity contribution in [2.45, 2.75) is 187 Å². The van der Waals surface area contributed by atoms with E-state index >= 15 is 0 Å². The van der Waals surface area contributed by atoms with Gasteiger partial charge < -0.3 is 0 Å². The summed E-state index contributed by atoms with van der Waals surface area (Å²) in [5.74, 6) is 0. The molecule has 4 heteroatoms. The molecule has 1 unspecified atom stereocenters. The summed E-state index contributed by atoms with van der Waals surface area (Å²) in [6.07, 6.45) is 3.92. The molecular weight excluding hydrogens is 1040 g/mol. The van der Waals surface area contributed by atoms with Gasteiger partial charge in [0.05, 0.1) is 0 Å². The van der Waals surface area contributed by atoms with Gasteiger partial charge in [-0.25, -0.2) is 0 Å². The third-order valence-electron chi connectivity index (χ3n) is 18.3. The molecule has 8 rings (SSSR count). The molecule has 2 aliphatic rings. The molecule has 2 nitrogen and oxygen atoms in total. The van der Waals surface area contributed by atoms with E-state index in [4.69, 9.17) is 5.32 Å². The first-order chi connectivity index (χ1) is 35.3. The molecule has 395 valence electrons. The van der Waals surface area contributed by atoms with Gasteiger partial charge in [-0.05, 0) is 0 Å². The van der Waals surface area contributed by atoms with Crippen LogP contribution in [-0.2, 0) is 21.7 Å². The Hall–Kier alpha value is -4.92. The molecular formula is C72H88Ge2N2-. The molecule has 0 N–H and O–H groups in total. The molecule has 0 amide bonds. The predicted molar refractivity (Wildman–Crippen MR) is 335 cm³/mol. The number of nitrogens with zero attached hydrogens (tertiary/aromatic N) is 2. The van der Waals surface area contributed by atoms with Crippen LogP contribution in [0.3, 0.4) is 0 Å². The Balaban J connectivity index is 1.93. The number of hydrogen-bond donors (Lipinski definition) is 0. The quantitative estimate of drug-likeness (QED) is 0.121. The summed E-state index contributed by atoms with van der Waals surface area (Å²) < 4.78 is 11.0. The molecule has 6 aromatic rings. The fourth-order valence-corrected chi connectivity index (χ4v) is 39.9. The third kappa shape index (κ3) is 9.35. The first kappa shape index (κ1) is 57.3. The van der Waals surface area contributed by atoms with Crippen molar-refractivity contribution in [3.63, 3.8) is 0 Å². The molecule has 0 aromatic heterocycles. The number of benzene rings is 6. The van der Waals surface area contributed by atoms with Gasteiger partial charge >= 0.3 is 471 Å².